The zero-order chi connectivity index (χ0) is 26.8. The lowest BCUT2D eigenvalue weighted by molar-refractivity contribution is -0.139. The highest BCUT2D eigenvalue weighted by Gasteiger charge is 2.46. The van der Waals surface area contributed by atoms with Crippen LogP contribution in [-0.2, 0) is 9.59 Å². The number of ether oxygens (including phenoxy) is 1. The van der Waals surface area contributed by atoms with Crippen LogP contribution >= 0.6 is 0 Å². The van der Waals surface area contributed by atoms with Crippen LogP contribution in [0.4, 0.5) is 0 Å². The first-order valence-corrected chi connectivity index (χ1v) is 12.5. The maximum absolute atomic E-state index is 13.5. The van der Waals surface area contributed by atoms with Crippen molar-refractivity contribution in [1.29, 1.82) is 0 Å². The SMILES string of the molecule is Cc1nc2ccccn2c1/C(O)=C1\C(=O)C(=O)N(CCCN(C)C)C1c1cccc(Oc2ccccc2)c1. The summed E-state index contributed by atoms with van der Waals surface area (Å²) in [6.07, 6.45) is 2.45. The van der Waals surface area contributed by atoms with Gasteiger partial charge in [-0.05, 0) is 75.9 Å². The molecule has 0 aliphatic carbocycles. The van der Waals surface area contributed by atoms with Crippen molar-refractivity contribution in [3.63, 3.8) is 0 Å². The molecule has 3 heterocycles. The van der Waals surface area contributed by atoms with Gasteiger partial charge in [0.2, 0.25) is 0 Å². The predicted molar refractivity (Wildman–Crippen MR) is 145 cm³/mol. The van der Waals surface area contributed by atoms with Crippen LogP contribution in [0.15, 0.2) is 84.6 Å². The summed E-state index contributed by atoms with van der Waals surface area (Å²) in [5.41, 5.74) is 2.32. The Morgan fingerprint density at radius 3 is 2.50 bits per heavy atom. The van der Waals surface area contributed by atoms with E-state index in [1.807, 2.05) is 91.8 Å². The Kier molecular flexibility index (Phi) is 6.98. The van der Waals surface area contributed by atoms with Gasteiger partial charge in [0, 0.05) is 12.7 Å². The Morgan fingerprint density at radius 1 is 1.00 bits per heavy atom. The molecule has 4 aromatic rings. The molecular weight excluding hydrogens is 480 g/mol. The molecule has 194 valence electrons. The number of hydrogen-bond donors (Lipinski definition) is 1. The molecule has 1 aliphatic heterocycles. The first kappa shape index (κ1) is 25.2. The van der Waals surface area contributed by atoms with Crippen LogP contribution < -0.4 is 4.74 Å². The van der Waals surface area contributed by atoms with Gasteiger partial charge in [0.05, 0.1) is 17.3 Å². The number of ketones is 1. The van der Waals surface area contributed by atoms with E-state index in [1.54, 1.807) is 22.4 Å². The monoisotopic (exact) mass is 510 g/mol. The summed E-state index contributed by atoms with van der Waals surface area (Å²) in [7, 11) is 3.92. The number of benzene rings is 2. The third-order valence-corrected chi connectivity index (χ3v) is 6.63. The van der Waals surface area contributed by atoms with Crippen LogP contribution in [0.3, 0.4) is 0 Å². The molecular formula is C30H30N4O4. The summed E-state index contributed by atoms with van der Waals surface area (Å²) >= 11 is 0. The fourth-order valence-corrected chi connectivity index (χ4v) is 4.91. The molecule has 38 heavy (non-hydrogen) atoms. The number of amides is 1. The minimum atomic E-state index is -0.773. The van der Waals surface area contributed by atoms with E-state index in [-0.39, 0.29) is 11.3 Å². The van der Waals surface area contributed by atoms with Crippen LogP contribution in [0.25, 0.3) is 11.4 Å². The molecule has 0 spiro atoms. The minimum absolute atomic E-state index is 0.0467. The standard InChI is InChI=1S/C30H30N4O4/c1-20-26(33-17-8-7-15-24(33)31-20)28(35)25-27(34(30(37)29(25)36)18-10-16-32(2)3)21-11-9-14-23(19-21)38-22-12-5-4-6-13-22/h4-9,11-15,17,19,27,35H,10,16,18H2,1-3H3/b28-25+. The molecule has 0 bridgehead atoms. The fourth-order valence-electron chi connectivity index (χ4n) is 4.91. The predicted octanol–water partition coefficient (Wildman–Crippen LogP) is 4.81. The Bertz CT molecular complexity index is 1520. The molecule has 1 fully saturated rings. The number of likely N-dealkylation sites (tertiary alicyclic amines) is 1. The van der Waals surface area contributed by atoms with E-state index in [9.17, 15) is 14.7 Å². The zero-order valence-corrected chi connectivity index (χ0v) is 21.7. The summed E-state index contributed by atoms with van der Waals surface area (Å²) in [5, 5.41) is 11.6. The molecule has 2 aromatic heterocycles. The number of hydrogen-bond acceptors (Lipinski definition) is 6. The topological polar surface area (TPSA) is 87.4 Å². The summed E-state index contributed by atoms with van der Waals surface area (Å²) in [6.45, 7) is 2.89. The van der Waals surface area contributed by atoms with Crippen LogP contribution in [0.2, 0.25) is 0 Å². The van der Waals surface area contributed by atoms with Gasteiger partial charge in [-0.1, -0.05) is 36.4 Å². The molecule has 1 unspecified atom stereocenters. The van der Waals surface area contributed by atoms with Gasteiger partial charge < -0.3 is 19.6 Å². The van der Waals surface area contributed by atoms with E-state index in [2.05, 4.69) is 4.98 Å². The van der Waals surface area contributed by atoms with Crippen molar-refractivity contribution < 1.29 is 19.4 Å². The van der Waals surface area contributed by atoms with Gasteiger partial charge in [-0.2, -0.15) is 0 Å². The fraction of sp³-hybridized carbons (Fsp3) is 0.233. The second-order valence-corrected chi connectivity index (χ2v) is 9.61. The molecule has 1 atom stereocenters. The van der Waals surface area contributed by atoms with Crippen LogP contribution in [0.1, 0.15) is 29.4 Å². The third-order valence-electron chi connectivity index (χ3n) is 6.63. The van der Waals surface area contributed by atoms with Gasteiger partial charge in [0.15, 0.2) is 5.76 Å². The van der Waals surface area contributed by atoms with Crippen molar-refractivity contribution in [2.45, 2.75) is 19.4 Å². The Labute approximate surface area is 221 Å². The summed E-state index contributed by atoms with van der Waals surface area (Å²) < 4.78 is 7.77. The number of imidazole rings is 1. The number of aliphatic hydroxyl groups is 1. The van der Waals surface area contributed by atoms with Crippen molar-refractivity contribution >= 4 is 23.1 Å². The highest BCUT2D eigenvalue weighted by molar-refractivity contribution is 6.46. The Balaban J connectivity index is 1.63. The molecule has 8 nitrogen and oxygen atoms in total. The van der Waals surface area contributed by atoms with E-state index in [0.29, 0.717) is 47.1 Å². The van der Waals surface area contributed by atoms with E-state index < -0.39 is 17.7 Å². The normalized spacial score (nSPS) is 17.1. The van der Waals surface area contributed by atoms with E-state index in [0.717, 1.165) is 6.54 Å². The van der Waals surface area contributed by atoms with Gasteiger partial charge in [0.25, 0.3) is 11.7 Å². The molecule has 5 rings (SSSR count). The quantitative estimate of drug-likeness (QED) is 0.208. The number of aromatic nitrogens is 2. The number of pyridine rings is 1. The Morgan fingerprint density at radius 2 is 1.74 bits per heavy atom. The number of para-hydroxylation sites is 1. The van der Waals surface area contributed by atoms with E-state index >= 15 is 0 Å². The van der Waals surface area contributed by atoms with Crippen LogP contribution in [0.5, 0.6) is 11.5 Å². The minimum Gasteiger partial charge on any atom is -0.505 e. The zero-order valence-electron chi connectivity index (χ0n) is 21.7. The molecule has 1 saturated heterocycles. The molecule has 1 N–H and O–H groups in total. The average Bonchev–Trinajstić information content (AvgIpc) is 3.37. The van der Waals surface area contributed by atoms with E-state index in [1.165, 1.54) is 0 Å². The molecule has 0 radical (unpaired) electrons. The Hall–Kier alpha value is -4.43. The first-order chi connectivity index (χ1) is 18.3. The summed E-state index contributed by atoms with van der Waals surface area (Å²) in [6, 6.07) is 21.4. The first-order valence-electron chi connectivity index (χ1n) is 12.5. The highest BCUT2D eigenvalue weighted by atomic mass is 16.5. The molecule has 0 saturated carbocycles. The number of rotatable bonds is 8. The van der Waals surface area contributed by atoms with Gasteiger partial charge in [-0.3, -0.25) is 14.0 Å². The number of fused-ring (bicyclic) bond motifs is 1. The molecule has 1 amide bonds. The summed E-state index contributed by atoms with van der Waals surface area (Å²) in [4.78, 5) is 34.9. The largest absolute Gasteiger partial charge is 0.505 e. The maximum Gasteiger partial charge on any atom is 0.295 e. The van der Waals surface area contributed by atoms with Crippen molar-refractivity contribution in [2.24, 2.45) is 0 Å². The highest BCUT2D eigenvalue weighted by Crippen LogP contribution is 2.41. The van der Waals surface area contributed by atoms with Crippen LogP contribution in [0, 0.1) is 6.92 Å². The smallest absolute Gasteiger partial charge is 0.295 e. The van der Waals surface area contributed by atoms with Crippen molar-refractivity contribution in [2.75, 3.05) is 27.2 Å². The lowest BCUT2D eigenvalue weighted by Crippen LogP contribution is -2.32. The van der Waals surface area contributed by atoms with Gasteiger partial charge in [-0.15, -0.1) is 0 Å². The van der Waals surface area contributed by atoms with Crippen molar-refractivity contribution in [3.05, 3.63) is 102 Å². The van der Waals surface area contributed by atoms with Gasteiger partial charge in [-0.25, -0.2) is 4.98 Å². The number of Topliss-reactive ketones (excluding diaryl/α,β-unsaturated/α-hetero) is 1. The second-order valence-electron chi connectivity index (χ2n) is 9.61. The lowest BCUT2D eigenvalue weighted by Gasteiger charge is -2.26. The number of carbonyl (C=O) groups is 2. The molecule has 8 heteroatoms. The van der Waals surface area contributed by atoms with Crippen molar-refractivity contribution in [1.82, 2.24) is 19.2 Å². The maximum atomic E-state index is 13.5. The van der Waals surface area contributed by atoms with Gasteiger partial charge >= 0.3 is 0 Å². The number of nitrogens with zero attached hydrogens (tertiary/aromatic N) is 4. The van der Waals surface area contributed by atoms with Gasteiger partial charge in [0.1, 0.15) is 22.8 Å². The lowest BCUT2D eigenvalue weighted by atomic mass is 9.96. The van der Waals surface area contributed by atoms with Crippen molar-refractivity contribution in [3.8, 4) is 11.5 Å². The molecule has 2 aromatic carbocycles. The number of aliphatic hydroxyl groups excluding tert-OH is 1. The third kappa shape index (κ3) is 4.78. The number of carbonyl (C=O) groups excluding carboxylic acids is 2. The van der Waals surface area contributed by atoms with Crippen LogP contribution in [-0.4, -0.2) is 63.2 Å². The average molecular weight is 511 g/mol. The summed E-state index contributed by atoms with van der Waals surface area (Å²) in [5.74, 6) is -0.341. The molecule has 1 aliphatic rings. The van der Waals surface area contributed by atoms with E-state index in [4.69, 9.17) is 4.74 Å². The second kappa shape index (κ2) is 10.5. The number of aryl methyl sites for hydroxylation is 1.